The molecule has 8 nitrogen and oxygen atoms in total. The molecule has 2 aromatic carbocycles. The van der Waals surface area contributed by atoms with Gasteiger partial charge >= 0.3 is 11.4 Å². The van der Waals surface area contributed by atoms with Crippen LogP contribution in [0.15, 0.2) is 41.3 Å². The van der Waals surface area contributed by atoms with Crippen molar-refractivity contribution in [3.8, 4) is 0 Å². The molecule has 1 saturated heterocycles. The highest BCUT2D eigenvalue weighted by molar-refractivity contribution is 8.18. The van der Waals surface area contributed by atoms with Crippen LogP contribution in [0.1, 0.15) is 22.4 Å². The second-order valence-corrected chi connectivity index (χ2v) is 10.9. The summed E-state index contributed by atoms with van der Waals surface area (Å²) in [4.78, 5) is 26.3. The fourth-order valence-electron chi connectivity index (χ4n) is 3.54. The third-order valence-electron chi connectivity index (χ3n) is 5.01. The van der Waals surface area contributed by atoms with E-state index in [1.807, 2.05) is 4.83 Å². The van der Waals surface area contributed by atoms with Crippen molar-refractivity contribution in [3.63, 3.8) is 0 Å². The normalized spacial score (nSPS) is 16.2. The average Bonchev–Trinajstić information content (AvgIpc) is 3.18. The maximum atomic E-state index is 13.5. The molecule has 1 aliphatic heterocycles. The number of imide groups is 1. The number of alkyl halides is 3. The second-order valence-electron chi connectivity index (χ2n) is 7.70. The highest BCUT2D eigenvalue weighted by atomic mass is 35.5. The number of fused-ring (bicyclic) bond motifs is 1. The van der Waals surface area contributed by atoms with Crippen LogP contribution < -0.4 is 4.83 Å². The summed E-state index contributed by atoms with van der Waals surface area (Å²) >= 11 is 6.33. The van der Waals surface area contributed by atoms with E-state index in [9.17, 15) is 31.2 Å². The van der Waals surface area contributed by atoms with Crippen LogP contribution >= 0.6 is 23.4 Å². The number of aromatic nitrogens is 2. The molecule has 3 aromatic rings. The van der Waals surface area contributed by atoms with Gasteiger partial charge in [-0.05, 0) is 60.2 Å². The Morgan fingerprint density at radius 2 is 1.89 bits per heavy atom. The summed E-state index contributed by atoms with van der Waals surface area (Å²) in [5, 5.41) is 4.60. The molecule has 0 unspecified atom stereocenters. The van der Waals surface area contributed by atoms with Crippen LogP contribution in [0.25, 0.3) is 17.0 Å². The van der Waals surface area contributed by atoms with Crippen molar-refractivity contribution in [2.24, 2.45) is 0 Å². The number of nitrogens with one attached hydrogen (secondary N) is 1. The lowest BCUT2D eigenvalue weighted by Crippen LogP contribution is -2.44. The van der Waals surface area contributed by atoms with Crippen molar-refractivity contribution in [1.29, 1.82) is 0 Å². The molecule has 2 heterocycles. The fraction of sp³-hybridized carbons (Fsp3) is 0.190. The van der Waals surface area contributed by atoms with Crippen LogP contribution in [-0.4, -0.2) is 40.6 Å². The van der Waals surface area contributed by atoms with Gasteiger partial charge in [0.05, 0.1) is 34.5 Å². The Balaban J connectivity index is 1.67. The zero-order valence-corrected chi connectivity index (χ0v) is 20.4. The van der Waals surface area contributed by atoms with Crippen molar-refractivity contribution in [1.82, 2.24) is 19.6 Å². The van der Waals surface area contributed by atoms with Gasteiger partial charge in [0.15, 0.2) is 0 Å². The number of sulfonamides is 1. The Hall–Kier alpha value is -2.87. The Kier molecular flexibility index (Phi) is 6.47. The molecular weight excluding hydrogens is 529 g/mol. The summed E-state index contributed by atoms with van der Waals surface area (Å²) in [6.07, 6.45) is -2.34. The molecule has 0 spiro atoms. The molecule has 1 aliphatic rings. The predicted octanol–water partition coefficient (Wildman–Crippen LogP) is 4.57. The highest BCUT2D eigenvalue weighted by Gasteiger charge is 2.37. The second kappa shape index (κ2) is 8.97. The fourth-order valence-corrected chi connectivity index (χ4v) is 5.05. The van der Waals surface area contributed by atoms with Crippen molar-refractivity contribution in [3.05, 3.63) is 68.7 Å². The van der Waals surface area contributed by atoms with E-state index in [1.54, 1.807) is 25.1 Å². The number of aryl methyl sites for hydroxylation is 1. The molecule has 0 aliphatic carbocycles. The van der Waals surface area contributed by atoms with Gasteiger partial charge in [0.1, 0.15) is 0 Å². The minimum Gasteiger partial charge on any atom is -0.266 e. The lowest BCUT2D eigenvalue weighted by Gasteiger charge is -2.14. The molecule has 2 amide bonds. The maximum Gasteiger partial charge on any atom is 0.416 e. The van der Waals surface area contributed by atoms with E-state index >= 15 is 0 Å². The van der Waals surface area contributed by atoms with Crippen molar-refractivity contribution >= 4 is 61.5 Å². The highest BCUT2D eigenvalue weighted by Crippen LogP contribution is 2.35. The zero-order chi connectivity index (χ0) is 25.7. The topological polar surface area (TPSA) is 101 Å². The minimum absolute atomic E-state index is 0.00225. The van der Waals surface area contributed by atoms with Crippen LogP contribution in [0.2, 0.25) is 5.02 Å². The SMILES string of the molecule is Cc1nn(Cc2ccc(Cl)cc2C(F)(F)F)c2ccc(/C=C3\SC(=O)N(NS(C)(=O)=O)C3=O)cc12. The van der Waals surface area contributed by atoms with Crippen LogP contribution in [-0.2, 0) is 27.5 Å². The van der Waals surface area contributed by atoms with Crippen molar-refractivity contribution in [2.45, 2.75) is 19.6 Å². The third-order valence-corrected chi connectivity index (χ3v) is 6.62. The van der Waals surface area contributed by atoms with E-state index in [2.05, 4.69) is 5.10 Å². The summed E-state index contributed by atoms with van der Waals surface area (Å²) in [6, 6.07) is 8.50. The third kappa shape index (κ3) is 5.37. The molecule has 1 aromatic heterocycles. The number of carbonyl (C=O) groups is 2. The number of hydrogen-bond acceptors (Lipinski definition) is 6. The smallest absolute Gasteiger partial charge is 0.266 e. The lowest BCUT2D eigenvalue weighted by molar-refractivity contribution is -0.138. The van der Waals surface area contributed by atoms with E-state index in [4.69, 9.17) is 11.6 Å². The van der Waals surface area contributed by atoms with Gasteiger partial charge in [-0.1, -0.05) is 23.7 Å². The molecule has 35 heavy (non-hydrogen) atoms. The largest absolute Gasteiger partial charge is 0.416 e. The first-order valence-corrected chi connectivity index (χ1v) is 12.9. The zero-order valence-electron chi connectivity index (χ0n) is 18.1. The Labute approximate surface area is 206 Å². The van der Waals surface area contributed by atoms with Gasteiger partial charge in [-0.2, -0.15) is 23.3 Å². The minimum atomic E-state index is -4.58. The van der Waals surface area contributed by atoms with E-state index in [-0.39, 0.29) is 22.0 Å². The Morgan fingerprint density at radius 3 is 2.54 bits per heavy atom. The van der Waals surface area contributed by atoms with Gasteiger partial charge in [-0.3, -0.25) is 14.3 Å². The van der Waals surface area contributed by atoms with Crippen LogP contribution in [0, 0.1) is 6.92 Å². The molecular formula is C21H16ClF3N4O4S2. The number of amides is 2. The van der Waals surface area contributed by atoms with Gasteiger partial charge < -0.3 is 0 Å². The van der Waals surface area contributed by atoms with Crippen molar-refractivity contribution in [2.75, 3.05) is 6.26 Å². The van der Waals surface area contributed by atoms with Crippen LogP contribution in [0.5, 0.6) is 0 Å². The molecule has 4 rings (SSSR count). The first-order valence-electron chi connectivity index (χ1n) is 9.81. The van der Waals surface area contributed by atoms with E-state index in [1.165, 1.54) is 22.9 Å². The number of thioether (sulfide) groups is 1. The molecule has 0 atom stereocenters. The molecule has 14 heteroatoms. The van der Waals surface area contributed by atoms with E-state index < -0.39 is 32.9 Å². The van der Waals surface area contributed by atoms with Crippen LogP contribution in [0.4, 0.5) is 18.0 Å². The quantitative estimate of drug-likeness (QED) is 0.472. The number of hydrogen-bond donors (Lipinski definition) is 1. The van der Waals surface area contributed by atoms with Gasteiger partial charge in [-0.25, -0.2) is 8.42 Å². The molecule has 0 saturated carbocycles. The van der Waals surface area contributed by atoms with E-state index in [0.717, 1.165) is 12.3 Å². The molecule has 184 valence electrons. The Morgan fingerprint density at radius 1 is 1.17 bits per heavy atom. The first-order chi connectivity index (χ1) is 16.2. The Bertz CT molecular complexity index is 1520. The predicted molar refractivity (Wildman–Crippen MR) is 126 cm³/mol. The standard InChI is InChI=1S/C21H16ClF3N4O4S2/c1-11-15-7-12(8-18-19(30)29(20(31)34-18)27-35(2,32)33)3-6-17(15)28(26-11)10-13-4-5-14(22)9-16(13)21(23,24)25/h3-9,27H,10H2,1-2H3/b18-8-. The summed E-state index contributed by atoms with van der Waals surface area (Å²) in [5.74, 6) is -0.819. The van der Waals surface area contributed by atoms with Gasteiger partial charge in [-0.15, -0.1) is 4.83 Å². The number of halogens is 4. The van der Waals surface area contributed by atoms with E-state index in [0.29, 0.717) is 38.9 Å². The lowest BCUT2D eigenvalue weighted by atomic mass is 10.1. The number of hydrazine groups is 1. The van der Waals surface area contributed by atoms with Gasteiger partial charge in [0.25, 0.3) is 5.91 Å². The van der Waals surface area contributed by atoms with Crippen LogP contribution in [0.3, 0.4) is 0 Å². The number of carbonyl (C=O) groups excluding carboxylic acids is 2. The monoisotopic (exact) mass is 544 g/mol. The maximum absolute atomic E-state index is 13.5. The molecule has 1 fully saturated rings. The van der Waals surface area contributed by atoms with Crippen molar-refractivity contribution < 1.29 is 31.2 Å². The molecule has 0 radical (unpaired) electrons. The summed E-state index contributed by atoms with van der Waals surface area (Å²) in [5.41, 5.74) is 0.787. The van der Waals surface area contributed by atoms with Gasteiger partial charge in [0, 0.05) is 10.4 Å². The summed E-state index contributed by atoms with van der Waals surface area (Å²) < 4.78 is 64.7. The average molecular weight is 545 g/mol. The molecule has 0 bridgehead atoms. The number of rotatable bonds is 5. The van der Waals surface area contributed by atoms with Gasteiger partial charge in [0.2, 0.25) is 10.0 Å². The number of nitrogens with zero attached hydrogens (tertiary/aromatic N) is 3. The molecule has 1 N–H and O–H groups in total. The summed E-state index contributed by atoms with van der Waals surface area (Å²) in [7, 11) is -3.84. The first kappa shape index (κ1) is 25.2. The summed E-state index contributed by atoms with van der Waals surface area (Å²) in [6.45, 7) is 1.55. The number of benzene rings is 2.